The predicted molar refractivity (Wildman–Crippen MR) is 53.0 cm³/mol. The minimum absolute atomic E-state index is 0.0369. The zero-order valence-electron chi connectivity index (χ0n) is 8.32. The summed E-state index contributed by atoms with van der Waals surface area (Å²) in [5.41, 5.74) is 0.193. The molecule has 3 nitrogen and oxygen atoms in total. The van der Waals surface area contributed by atoms with Crippen LogP contribution in [0.5, 0.6) is 0 Å². The van der Waals surface area contributed by atoms with Gasteiger partial charge in [0, 0.05) is 11.1 Å². The third-order valence-electron chi connectivity index (χ3n) is 3.28. The number of Topliss-reactive ketones (excluding diaryl/α,β-unsaturated/α-hetero) is 2. The van der Waals surface area contributed by atoms with Crippen LogP contribution >= 0.6 is 0 Å². The second-order valence-corrected chi connectivity index (χ2v) is 3.98. The summed E-state index contributed by atoms with van der Waals surface area (Å²) in [6, 6.07) is 6.93. The highest BCUT2D eigenvalue weighted by Crippen LogP contribution is 2.48. The molecule has 0 bridgehead atoms. The van der Waals surface area contributed by atoms with Crippen LogP contribution < -0.4 is 0 Å². The van der Waals surface area contributed by atoms with Gasteiger partial charge < -0.3 is 4.74 Å². The normalized spacial score (nSPS) is 32.2. The van der Waals surface area contributed by atoms with Gasteiger partial charge in [-0.2, -0.15) is 0 Å². The molecule has 0 spiro atoms. The Labute approximate surface area is 87.0 Å². The van der Waals surface area contributed by atoms with E-state index in [-0.39, 0.29) is 11.6 Å². The van der Waals surface area contributed by atoms with E-state index in [4.69, 9.17) is 4.74 Å². The lowest BCUT2D eigenvalue weighted by Crippen LogP contribution is -2.36. The zero-order chi connectivity index (χ0) is 10.6. The maximum Gasteiger partial charge on any atom is 0.198 e. The van der Waals surface area contributed by atoms with Crippen LogP contribution in [0.3, 0.4) is 0 Å². The van der Waals surface area contributed by atoms with Crippen molar-refractivity contribution in [1.29, 1.82) is 0 Å². The van der Waals surface area contributed by atoms with Gasteiger partial charge in [0.25, 0.3) is 0 Å². The lowest BCUT2D eigenvalue weighted by Gasteiger charge is -2.16. The second-order valence-electron chi connectivity index (χ2n) is 3.98. The van der Waals surface area contributed by atoms with Crippen molar-refractivity contribution in [2.24, 2.45) is 0 Å². The summed E-state index contributed by atoms with van der Waals surface area (Å²) in [7, 11) is 0. The lowest BCUT2D eigenvalue weighted by atomic mass is 9.80. The van der Waals surface area contributed by atoms with Crippen LogP contribution in [-0.4, -0.2) is 23.3 Å². The van der Waals surface area contributed by atoms with Gasteiger partial charge in [0.05, 0.1) is 0 Å². The van der Waals surface area contributed by atoms with E-state index in [0.717, 1.165) is 0 Å². The number of hydrogen-bond donors (Lipinski definition) is 0. The van der Waals surface area contributed by atoms with Crippen LogP contribution in [0.25, 0.3) is 0 Å². The zero-order valence-corrected chi connectivity index (χ0v) is 8.32. The minimum Gasteiger partial charge on any atom is -0.349 e. The van der Waals surface area contributed by atoms with E-state index in [2.05, 4.69) is 0 Å². The molecule has 2 atom stereocenters. The number of carbonyl (C=O) groups excluding carboxylic acids is 2. The van der Waals surface area contributed by atoms with Crippen molar-refractivity contribution in [3.8, 4) is 0 Å². The van der Waals surface area contributed by atoms with Gasteiger partial charge >= 0.3 is 0 Å². The van der Waals surface area contributed by atoms with Crippen molar-refractivity contribution in [1.82, 2.24) is 0 Å². The molecule has 0 unspecified atom stereocenters. The molecule has 1 aliphatic heterocycles. The Bertz CT molecular complexity index is 478. The Balaban J connectivity index is 2.21. The monoisotopic (exact) mass is 202 g/mol. The molecule has 0 amide bonds. The van der Waals surface area contributed by atoms with Crippen LogP contribution in [0.15, 0.2) is 24.3 Å². The fraction of sp³-hybridized carbons (Fsp3) is 0.333. The highest BCUT2D eigenvalue weighted by molar-refractivity contribution is 6.22. The van der Waals surface area contributed by atoms with Crippen LogP contribution in [0, 0.1) is 0 Å². The summed E-state index contributed by atoms with van der Waals surface area (Å²) < 4.78 is 5.32. The molecule has 1 saturated heterocycles. The molecular formula is C12H10O3. The quantitative estimate of drug-likeness (QED) is 0.650. The molecule has 3 heteroatoms. The molecule has 1 fully saturated rings. The first-order valence-electron chi connectivity index (χ1n) is 5.06. The van der Waals surface area contributed by atoms with E-state index in [9.17, 15) is 9.59 Å². The van der Waals surface area contributed by atoms with E-state index in [1.807, 2.05) is 6.92 Å². The van der Waals surface area contributed by atoms with Gasteiger partial charge in [0.1, 0.15) is 0 Å². The maximum atomic E-state index is 12.1. The topological polar surface area (TPSA) is 46.7 Å². The van der Waals surface area contributed by atoms with E-state index in [0.29, 0.717) is 17.5 Å². The van der Waals surface area contributed by atoms with Crippen molar-refractivity contribution in [2.45, 2.75) is 25.0 Å². The summed E-state index contributed by atoms with van der Waals surface area (Å²) in [6.07, 6.45) is 0.0428. The Kier molecular flexibility index (Phi) is 1.50. The van der Waals surface area contributed by atoms with E-state index < -0.39 is 11.7 Å². The Morgan fingerprint density at radius 3 is 2.60 bits per heavy atom. The Morgan fingerprint density at radius 2 is 1.93 bits per heavy atom. The lowest BCUT2D eigenvalue weighted by molar-refractivity contribution is 0.0857. The molecule has 0 radical (unpaired) electrons. The maximum absolute atomic E-state index is 12.1. The highest BCUT2D eigenvalue weighted by Gasteiger charge is 2.67. The summed E-state index contributed by atoms with van der Waals surface area (Å²) in [4.78, 5) is 24.0. The molecule has 1 aromatic rings. The average Bonchev–Trinajstić information content (AvgIpc) is 3.03. The van der Waals surface area contributed by atoms with Crippen LogP contribution in [0.1, 0.15) is 34.1 Å². The predicted octanol–water partition coefficient (Wildman–Crippen LogP) is 1.61. The molecule has 0 N–H and O–H groups in total. The van der Waals surface area contributed by atoms with Gasteiger partial charge in [-0.15, -0.1) is 0 Å². The smallest absolute Gasteiger partial charge is 0.198 e. The van der Waals surface area contributed by atoms with Gasteiger partial charge in [-0.25, -0.2) is 0 Å². The van der Waals surface area contributed by atoms with Crippen LogP contribution in [-0.2, 0) is 4.74 Å². The van der Waals surface area contributed by atoms with Crippen LogP contribution in [0.2, 0.25) is 0 Å². The third-order valence-corrected chi connectivity index (χ3v) is 3.28. The van der Waals surface area contributed by atoms with Crippen molar-refractivity contribution < 1.29 is 14.3 Å². The van der Waals surface area contributed by atoms with E-state index >= 15 is 0 Å². The molecule has 0 aromatic heterocycles. The SMILES string of the molecule is CC[C@]12O[C@H]1C(=O)c1ccccc1C2=O. The van der Waals surface area contributed by atoms with Gasteiger partial charge in [0.2, 0.25) is 0 Å². The molecule has 3 rings (SSSR count). The standard InChI is InChI=1S/C12H10O3/c1-2-12-10(14)8-6-4-3-5-7(8)9(13)11(12)15-12/h3-6,11H,2H2,1H3/t11-,12+/m0/s1. The van der Waals surface area contributed by atoms with E-state index in [1.165, 1.54) is 0 Å². The Hall–Kier alpha value is -1.48. The van der Waals surface area contributed by atoms with Gasteiger partial charge in [-0.1, -0.05) is 31.2 Å². The molecule has 2 aliphatic rings. The number of ketones is 2. The minimum atomic E-state index is -0.828. The van der Waals surface area contributed by atoms with Crippen molar-refractivity contribution in [3.63, 3.8) is 0 Å². The number of benzene rings is 1. The van der Waals surface area contributed by atoms with Crippen molar-refractivity contribution in [2.75, 3.05) is 0 Å². The molecule has 1 heterocycles. The molecule has 1 aliphatic carbocycles. The summed E-state index contributed by atoms with van der Waals surface area (Å²) in [5, 5.41) is 0. The fourth-order valence-corrected chi connectivity index (χ4v) is 2.31. The molecule has 76 valence electrons. The second kappa shape index (κ2) is 2.55. The number of fused-ring (bicyclic) bond motifs is 2. The van der Waals surface area contributed by atoms with Crippen molar-refractivity contribution >= 4 is 11.6 Å². The first-order chi connectivity index (χ1) is 7.20. The first-order valence-corrected chi connectivity index (χ1v) is 5.06. The number of rotatable bonds is 1. The average molecular weight is 202 g/mol. The van der Waals surface area contributed by atoms with E-state index in [1.54, 1.807) is 24.3 Å². The largest absolute Gasteiger partial charge is 0.349 e. The molecular weight excluding hydrogens is 192 g/mol. The third kappa shape index (κ3) is 0.887. The highest BCUT2D eigenvalue weighted by atomic mass is 16.6. The van der Waals surface area contributed by atoms with Crippen LogP contribution in [0.4, 0.5) is 0 Å². The summed E-state index contributed by atoms with van der Waals surface area (Å²) in [6.45, 7) is 1.87. The van der Waals surface area contributed by atoms with Gasteiger partial charge in [-0.05, 0) is 6.42 Å². The van der Waals surface area contributed by atoms with Crippen molar-refractivity contribution in [3.05, 3.63) is 35.4 Å². The molecule has 0 saturated carbocycles. The number of epoxide rings is 1. The fourth-order valence-electron chi connectivity index (χ4n) is 2.31. The Morgan fingerprint density at radius 1 is 1.27 bits per heavy atom. The molecule has 1 aromatic carbocycles. The summed E-state index contributed by atoms with van der Waals surface area (Å²) in [5.74, 6) is -0.0859. The number of carbonyl (C=O) groups is 2. The molecule has 15 heavy (non-hydrogen) atoms. The number of hydrogen-bond acceptors (Lipinski definition) is 3. The summed E-state index contributed by atoms with van der Waals surface area (Å²) >= 11 is 0. The van der Waals surface area contributed by atoms with Gasteiger partial charge in [-0.3, -0.25) is 9.59 Å². The van der Waals surface area contributed by atoms with Gasteiger partial charge in [0.15, 0.2) is 23.3 Å². The number of ether oxygens (including phenoxy) is 1. The first kappa shape index (κ1) is 8.80.